The molecule has 0 fully saturated rings. The summed E-state index contributed by atoms with van der Waals surface area (Å²) in [4.78, 5) is 20.3. The normalized spacial score (nSPS) is 11.3. The molecule has 108 valence electrons. The lowest BCUT2D eigenvalue weighted by Gasteiger charge is -2.06. The van der Waals surface area contributed by atoms with Gasteiger partial charge >= 0.3 is 0 Å². The number of aromatic amines is 1. The van der Waals surface area contributed by atoms with E-state index in [1.54, 1.807) is 10.9 Å². The van der Waals surface area contributed by atoms with Crippen molar-refractivity contribution in [1.29, 1.82) is 0 Å². The molecule has 22 heavy (non-hydrogen) atoms. The quantitative estimate of drug-likeness (QED) is 0.615. The number of H-pyrrole nitrogens is 1. The van der Waals surface area contributed by atoms with Crippen molar-refractivity contribution >= 4 is 33.5 Å². The molecule has 4 nitrogen and oxygen atoms in total. The number of nitrogens with zero attached hydrogens (tertiary/aromatic N) is 2. The van der Waals surface area contributed by atoms with Gasteiger partial charge in [0.05, 0.1) is 12.9 Å². The third-order valence-corrected chi connectivity index (χ3v) is 4.15. The molecule has 4 rings (SSSR count). The molecule has 0 radical (unpaired) electrons. The lowest BCUT2D eigenvalue weighted by atomic mass is 10.2. The lowest BCUT2D eigenvalue weighted by Crippen LogP contribution is -2.21. The van der Waals surface area contributed by atoms with E-state index in [1.807, 2.05) is 48.5 Å². The maximum atomic E-state index is 12.7. The van der Waals surface area contributed by atoms with Crippen molar-refractivity contribution in [3.63, 3.8) is 0 Å². The summed E-state index contributed by atoms with van der Waals surface area (Å²) >= 11 is 6.17. The molecule has 2 aromatic heterocycles. The van der Waals surface area contributed by atoms with Gasteiger partial charge in [0.1, 0.15) is 11.0 Å². The van der Waals surface area contributed by atoms with Gasteiger partial charge in [0.15, 0.2) is 0 Å². The Bertz CT molecular complexity index is 1050. The first-order chi connectivity index (χ1) is 10.7. The highest BCUT2D eigenvalue weighted by Gasteiger charge is 2.11. The fourth-order valence-electron chi connectivity index (χ4n) is 2.66. The van der Waals surface area contributed by atoms with Gasteiger partial charge in [-0.1, -0.05) is 48.0 Å². The Morgan fingerprint density at radius 3 is 2.73 bits per heavy atom. The zero-order valence-electron chi connectivity index (χ0n) is 11.6. The molecule has 0 saturated carbocycles. The first-order valence-corrected chi connectivity index (χ1v) is 7.31. The SMILES string of the molecule is O=c1c2[nH]c3ccccc3c2ncn1Cc1ccccc1Cl. The van der Waals surface area contributed by atoms with Gasteiger partial charge in [0.25, 0.3) is 5.56 Å². The third kappa shape index (κ3) is 2.00. The molecule has 2 heterocycles. The summed E-state index contributed by atoms with van der Waals surface area (Å²) in [6, 6.07) is 15.3. The van der Waals surface area contributed by atoms with Crippen molar-refractivity contribution in [2.45, 2.75) is 6.54 Å². The van der Waals surface area contributed by atoms with Crippen molar-refractivity contribution < 1.29 is 0 Å². The summed E-state index contributed by atoms with van der Waals surface area (Å²) in [5, 5.41) is 1.60. The van der Waals surface area contributed by atoms with Crippen LogP contribution in [-0.2, 0) is 6.54 Å². The highest BCUT2D eigenvalue weighted by Crippen LogP contribution is 2.21. The van der Waals surface area contributed by atoms with Crippen molar-refractivity contribution in [2.24, 2.45) is 0 Å². The predicted molar refractivity (Wildman–Crippen MR) is 88.4 cm³/mol. The van der Waals surface area contributed by atoms with E-state index in [-0.39, 0.29) is 5.56 Å². The predicted octanol–water partition coefficient (Wildman–Crippen LogP) is 3.58. The van der Waals surface area contributed by atoms with E-state index in [2.05, 4.69) is 9.97 Å². The standard InChI is InChI=1S/C17H12ClN3O/c18-13-7-3-1-5-11(13)9-21-10-19-15-12-6-2-4-8-14(12)20-16(15)17(21)22/h1-8,10,20H,9H2. The molecular formula is C17H12ClN3O. The maximum absolute atomic E-state index is 12.7. The zero-order valence-corrected chi connectivity index (χ0v) is 12.3. The van der Waals surface area contributed by atoms with Gasteiger partial charge in [-0.25, -0.2) is 4.98 Å². The van der Waals surface area contributed by atoms with Gasteiger partial charge in [-0.05, 0) is 17.7 Å². The number of para-hydroxylation sites is 1. The van der Waals surface area contributed by atoms with Gasteiger partial charge in [-0.3, -0.25) is 9.36 Å². The molecule has 2 aromatic carbocycles. The van der Waals surface area contributed by atoms with Gasteiger partial charge < -0.3 is 4.98 Å². The van der Waals surface area contributed by atoms with Crippen LogP contribution >= 0.6 is 11.6 Å². The summed E-state index contributed by atoms with van der Waals surface area (Å²) < 4.78 is 1.57. The first kappa shape index (κ1) is 13.1. The summed E-state index contributed by atoms with van der Waals surface area (Å²) in [6.07, 6.45) is 1.58. The summed E-state index contributed by atoms with van der Waals surface area (Å²) in [5.41, 5.74) is 2.94. The van der Waals surface area contributed by atoms with E-state index in [1.165, 1.54) is 0 Å². The monoisotopic (exact) mass is 309 g/mol. The van der Waals surface area contributed by atoms with Crippen LogP contribution in [0.25, 0.3) is 21.9 Å². The Morgan fingerprint density at radius 2 is 1.86 bits per heavy atom. The second kappa shape index (κ2) is 5.00. The molecule has 0 saturated heterocycles. The smallest absolute Gasteiger partial charge is 0.277 e. The molecule has 0 unspecified atom stereocenters. The van der Waals surface area contributed by atoms with E-state index >= 15 is 0 Å². The molecule has 0 amide bonds. The Morgan fingerprint density at radius 1 is 1.09 bits per heavy atom. The maximum Gasteiger partial charge on any atom is 0.277 e. The molecule has 0 aliphatic rings. The molecule has 0 aliphatic carbocycles. The minimum Gasteiger partial charge on any atom is -0.349 e. The van der Waals surface area contributed by atoms with Crippen LogP contribution in [-0.4, -0.2) is 14.5 Å². The lowest BCUT2D eigenvalue weighted by molar-refractivity contribution is 0.747. The molecule has 0 bridgehead atoms. The molecule has 0 spiro atoms. The second-order valence-corrected chi connectivity index (χ2v) is 5.57. The van der Waals surface area contributed by atoms with Gasteiger partial charge in [0, 0.05) is 15.9 Å². The number of rotatable bonds is 2. The number of fused-ring (bicyclic) bond motifs is 3. The van der Waals surface area contributed by atoms with E-state index < -0.39 is 0 Å². The van der Waals surface area contributed by atoms with E-state index in [4.69, 9.17) is 11.6 Å². The highest BCUT2D eigenvalue weighted by atomic mass is 35.5. The summed E-state index contributed by atoms with van der Waals surface area (Å²) in [7, 11) is 0. The Labute approximate surface area is 131 Å². The van der Waals surface area contributed by atoms with Crippen molar-refractivity contribution in [3.8, 4) is 0 Å². The van der Waals surface area contributed by atoms with Crippen LogP contribution in [0.1, 0.15) is 5.56 Å². The molecule has 0 atom stereocenters. The highest BCUT2D eigenvalue weighted by molar-refractivity contribution is 6.31. The van der Waals surface area contributed by atoms with E-state index in [9.17, 15) is 4.79 Å². The van der Waals surface area contributed by atoms with Crippen LogP contribution < -0.4 is 5.56 Å². The minimum absolute atomic E-state index is 0.0962. The molecule has 0 aliphatic heterocycles. The second-order valence-electron chi connectivity index (χ2n) is 5.16. The van der Waals surface area contributed by atoms with Crippen molar-refractivity contribution in [2.75, 3.05) is 0 Å². The average Bonchev–Trinajstić information content (AvgIpc) is 2.92. The average molecular weight is 310 g/mol. The Kier molecular flexibility index (Phi) is 2.98. The van der Waals surface area contributed by atoms with Crippen LogP contribution in [0, 0.1) is 0 Å². The summed E-state index contributed by atoms with van der Waals surface area (Å²) in [6.45, 7) is 0.400. The number of hydrogen-bond acceptors (Lipinski definition) is 2. The van der Waals surface area contributed by atoms with Gasteiger partial charge in [-0.15, -0.1) is 0 Å². The molecule has 5 heteroatoms. The zero-order chi connectivity index (χ0) is 15.1. The molecule has 1 N–H and O–H groups in total. The van der Waals surface area contributed by atoms with E-state index in [0.29, 0.717) is 22.6 Å². The molecular weight excluding hydrogens is 298 g/mol. The van der Waals surface area contributed by atoms with Crippen LogP contribution in [0.5, 0.6) is 0 Å². The number of hydrogen-bond donors (Lipinski definition) is 1. The Balaban J connectivity index is 1.90. The van der Waals surface area contributed by atoms with Crippen molar-refractivity contribution in [3.05, 3.63) is 75.8 Å². The Hall–Kier alpha value is -2.59. The number of benzene rings is 2. The minimum atomic E-state index is -0.0962. The first-order valence-electron chi connectivity index (χ1n) is 6.93. The van der Waals surface area contributed by atoms with Gasteiger partial charge in [0.2, 0.25) is 0 Å². The summed E-state index contributed by atoms with van der Waals surface area (Å²) in [5.74, 6) is 0. The number of aromatic nitrogens is 3. The fraction of sp³-hybridized carbons (Fsp3) is 0.0588. The largest absolute Gasteiger partial charge is 0.349 e. The van der Waals surface area contributed by atoms with Crippen LogP contribution in [0.3, 0.4) is 0 Å². The fourth-order valence-corrected chi connectivity index (χ4v) is 2.86. The van der Waals surface area contributed by atoms with Crippen molar-refractivity contribution in [1.82, 2.24) is 14.5 Å². The van der Waals surface area contributed by atoms with Crippen LogP contribution in [0.4, 0.5) is 0 Å². The van der Waals surface area contributed by atoms with Gasteiger partial charge in [-0.2, -0.15) is 0 Å². The third-order valence-electron chi connectivity index (χ3n) is 3.78. The van der Waals surface area contributed by atoms with E-state index in [0.717, 1.165) is 16.5 Å². The number of nitrogens with one attached hydrogen (secondary N) is 1. The topological polar surface area (TPSA) is 50.7 Å². The van der Waals surface area contributed by atoms with Crippen LogP contribution in [0.15, 0.2) is 59.7 Å². The molecule has 4 aromatic rings. The van der Waals surface area contributed by atoms with Crippen LogP contribution in [0.2, 0.25) is 5.02 Å². The number of halogens is 1.